The molecule has 3 heterocycles. The Morgan fingerprint density at radius 2 is 2.30 bits per heavy atom. The van der Waals surface area contributed by atoms with Crippen molar-refractivity contribution < 1.29 is 9.53 Å². The molecule has 1 N–H and O–H groups in total. The summed E-state index contributed by atoms with van der Waals surface area (Å²) in [6.45, 7) is 3.71. The van der Waals surface area contributed by atoms with Gasteiger partial charge in [0.15, 0.2) is 0 Å². The molecule has 3 rings (SSSR count). The Balaban J connectivity index is 1.56. The normalized spacial score (nSPS) is 22.2. The Kier molecular flexibility index (Phi) is 4.11. The van der Waals surface area contributed by atoms with Crippen molar-refractivity contribution in [3.63, 3.8) is 0 Å². The van der Waals surface area contributed by atoms with Crippen LogP contribution >= 0.6 is 0 Å². The highest BCUT2D eigenvalue weighted by atomic mass is 16.5. The minimum absolute atomic E-state index is 0.0169. The average molecular weight is 276 g/mol. The molecule has 1 atom stereocenters. The molecule has 108 valence electrons. The first-order chi connectivity index (χ1) is 9.83. The van der Waals surface area contributed by atoms with Crippen LogP contribution < -0.4 is 10.2 Å². The molecule has 20 heavy (non-hydrogen) atoms. The number of ether oxygens (including phenoxy) is 1. The number of aromatic nitrogens is 2. The third kappa shape index (κ3) is 3.07. The number of nitrogens with one attached hydrogen (secondary N) is 1. The van der Waals surface area contributed by atoms with Crippen molar-refractivity contribution in [1.29, 1.82) is 0 Å². The summed E-state index contributed by atoms with van der Waals surface area (Å²) in [5.41, 5.74) is 0. The third-order valence-corrected chi connectivity index (χ3v) is 3.84. The fourth-order valence-corrected chi connectivity index (χ4v) is 2.65. The third-order valence-electron chi connectivity index (χ3n) is 3.84. The van der Waals surface area contributed by atoms with Gasteiger partial charge in [0.25, 0.3) is 0 Å². The summed E-state index contributed by atoms with van der Waals surface area (Å²) in [5.74, 6) is 1.65. The van der Waals surface area contributed by atoms with E-state index in [2.05, 4.69) is 20.2 Å². The van der Waals surface area contributed by atoms with Crippen LogP contribution in [0.1, 0.15) is 25.1 Å². The van der Waals surface area contributed by atoms with Gasteiger partial charge in [-0.05, 0) is 25.3 Å². The highest BCUT2D eigenvalue weighted by Gasteiger charge is 2.23. The van der Waals surface area contributed by atoms with Crippen LogP contribution in [0.2, 0.25) is 0 Å². The van der Waals surface area contributed by atoms with Crippen LogP contribution in [0.3, 0.4) is 0 Å². The Bertz CT molecular complexity index is 468. The molecule has 1 aromatic rings. The van der Waals surface area contributed by atoms with E-state index in [4.69, 9.17) is 4.74 Å². The van der Waals surface area contributed by atoms with Crippen molar-refractivity contribution in [1.82, 2.24) is 15.3 Å². The van der Waals surface area contributed by atoms with E-state index in [-0.39, 0.29) is 11.8 Å². The van der Waals surface area contributed by atoms with Gasteiger partial charge in [-0.25, -0.2) is 9.97 Å². The molecule has 2 aliphatic rings. The maximum absolute atomic E-state index is 11.9. The molecule has 6 nitrogen and oxygen atoms in total. The average Bonchev–Trinajstić information content (AvgIpc) is 3.17. The molecule has 6 heteroatoms. The summed E-state index contributed by atoms with van der Waals surface area (Å²) >= 11 is 0. The van der Waals surface area contributed by atoms with Gasteiger partial charge in [0.05, 0.1) is 19.1 Å². The van der Waals surface area contributed by atoms with Gasteiger partial charge in [0, 0.05) is 25.9 Å². The molecule has 1 unspecified atom stereocenters. The summed E-state index contributed by atoms with van der Waals surface area (Å²) in [4.78, 5) is 22.9. The number of amides is 1. The lowest BCUT2D eigenvalue weighted by Crippen LogP contribution is -2.31. The molecule has 2 aliphatic heterocycles. The van der Waals surface area contributed by atoms with E-state index >= 15 is 0 Å². The molecule has 1 aromatic heterocycles. The predicted octanol–water partition coefficient (Wildman–Crippen LogP) is 0.729. The molecule has 1 amide bonds. The fourth-order valence-electron chi connectivity index (χ4n) is 2.65. The lowest BCUT2D eigenvalue weighted by atomic mass is 10.1. The summed E-state index contributed by atoms with van der Waals surface area (Å²) < 4.78 is 5.22. The van der Waals surface area contributed by atoms with Gasteiger partial charge in [0.1, 0.15) is 11.6 Å². The quantitative estimate of drug-likeness (QED) is 0.878. The molecule has 0 aliphatic carbocycles. The van der Waals surface area contributed by atoms with Gasteiger partial charge in [0.2, 0.25) is 5.91 Å². The largest absolute Gasteiger partial charge is 0.381 e. The number of carbonyl (C=O) groups is 1. The van der Waals surface area contributed by atoms with Crippen LogP contribution in [0.4, 0.5) is 5.82 Å². The molecule has 0 spiro atoms. The Morgan fingerprint density at radius 1 is 1.45 bits per heavy atom. The van der Waals surface area contributed by atoms with Crippen molar-refractivity contribution in [2.24, 2.45) is 5.92 Å². The van der Waals surface area contributed by atoms with Crippen molar-refractivity contribution in [2.45, 2.75) is 25.8 Å². The van der Waals surface area contributed by atoms with Crippen LogP contribution in [-0.4, -0.2) is 42.2 Å². The highest BCUT2D eigenvalue weighted by Crippen LogP contribution is 2.17. The second-order valence-electron chi connectivity index (χ2n) is 5.30. The minimum Gasteiger partial charge on any atom is -0.381 e. The molecule has 0 bridgehead atoms. The first-order valence-corrected chi connectivity index (χ1v) is 7.25. The zero-order valence-corrected chi connectivity index (χ0v) is 11.5. The number of hydrogen-bond acceptors (Lipinski definition) is 5. The lowest BCUT2D eigenvalue weighted by Gasteiger charge is -2.16. The van der Waals surface area contributed by atoms with E-state index in [9.17, 15) is 4.79 Å². The smallest absolute Gasteiger partial charge is 0.225 e. The summed E-state index contributed by atoms with van der Waals surface area (Å²) in [7, 11) is 0. The summed E-state index contributed by atoms with van der Waals surface area (Å²) in [6, 6.07) is 1.93. The van der Waals surface area contributed by atoms with Gasteiger partial charge < -0.3 is 15.0 Å². The van der Waals surface area contributed by atoms with Crippen LogP contribution in [0, 0.1) is 5.92 Å². The van der Waals surface area contributed by atoms with E-state index in [0.29, 0.717) is 25.6 Å². The SMILES string of the molecule is O=C(NCc1nccc(N2CCCC2)n1)C1CCOC1. The predicted molar refractivity (Wildman–Crippen MR) is 74.3 cm³/mol. The fraction of sp³-hybridized carbons (Fsp3) is 0.643. The maximum Gasteiger partial charge on any atom is 0.225 e. The van der Waals surface area contributed by atoms with Crippen LogP contribution in [0.25, 0.3) is 0 Å². The van der Waals surface area contributed by atoms with Crippen molar-refractivity contribution in [2.75, 3.05) is 31.2 Å². The van der Waals surface area contributed by atoms with Gasteiger partial charge in [-0.2, -0.15) is 0 Å². The number of anilines is 1. The van der Waals surface area contributed by atoms with E-state index in [1.807, 2.05) is 6.07 Å². The standard InChI is InChI=1S/C14H20N4O2/c19-14(11-4-8-20-10-11)16-9-12-15-5-3-13(17-12)18-6-1-2-7-18/h3,5,11H,1-2,4,6-10H2,(H,16,19). The van der Waals surface area contributed by atoms with Crippen LogP contribution in [0.15, 0.2) is 12.3 Å². The molecule has 2 fully saturated rings. The number of carbonyl (C=O) groups excluding carboxylic acids is 1. The number of nitrogens with zero attached hydrogens (tertiary/aromatic N) is 3. The maximum atomic E-state index is 11.9. The Labute approximate surface area is 118 Å². The monoisotopic (exact) mass is 276 g/mol. The topological polar surface area (TPSA) is 67.4 Å². The second-order valence-corrected chi connectivity index (χ2v) is 5.30. The van der Waals surface area contributed by atoms with Crippen LogP contribution in [-0.2, 0) is 16.1 Å². The minimum atomic E-state index is -0.0169. The lowest BCUT2D eigenvalue weighted by molar-refractivity contribution is -0.125. The van der Waals surface area contributed by atoms with E-state index < -0.39 is 0 Å². The Hall–Kier alpha value is -1.69. The molecule has 0 aromatic carbocycles. The summed E-state index contributed by atoms with van der Waals surface area (Å²) in [6.07, 6.45) is 5.01. The first kappa shape index (κ1) is 13.3. The summed E-state index contributed by atoms with van der Waals surface area (Å²) in [5, 5.41) is 2.90. The number of hydrogen-bond donors (Lipinski definition) is 1. The number of rotatable bonds is 4. The van der Waals surface area contributed by atoms with Crippen LogP contribution in [0.5, 0.6) is 0 Å². The molecule has 0 saturated carbocycles. The molecular weight excluding hydrogens is 256 g/mol. The van der Waals surface area contributed by atoms with Gasteiger partial charge in [-0.1, -0.05) is 0 Å². The van der Waals surface area contributed by atoms with E-state index in [0.717, 1.165) is 25.3 Å². The van der Waals surface area contributed by atoms with Crippen molar-refractivity contribution in [3.05, 3.63) is 18.1 Å². The van der Waals surface area contributed by atoms with Gasteiger partial charge >= 0.3 is 0 Å². The van der Waals surface area contributed by atoms with Gasteiger partial charge in [-0.15, -0.1) is 0 Å². The molecule has 0 radical (unpaired) electrons. The second kappa shape index (κ2) is 6.17. The Morgan fingerprint density at radius 3 is 3.05 bits per heavy atom. The van der Waals surface area contributed by atoms with E-state index in [1.54, 1.807) is 6.20 Å². The first-order valence-electron chi connectivity index (χ1n) is 7.25. The van der Waals surface area contributed by atoms with Crippen molar-refractivity contribution in [3.8, 4) is 0 Å². The van der Waals surface area contributed by atoms with Crippen molar-refractivity contribution >= 4 is 11.7 Å². The zero-order valence-electron chi connectivity index (χ0n) is 11.5. The molecule has 2 saturated heterocycles. The van der Waals surface area contributed by atoms with E-state index in [1.165, 1.54) is 12.8 Å². The highest BCUT2D eigenvalue weighted by molar-refractivity contribution is 5.78. The molecular formula is C14H20N4O2. The van der Waals surface area contributed by atoms with Gasteiger partial charge in [-0.3, -0.25) is 4.79 Å². The zero-order chi connectivity index (χ0) is 13.8.